The first kappa shape index (κ1) is 15.3. The first-order chi connectivity index (χ1) is 10.8. The van der Waals surface area contributed by atoms with Crippen molar-refractivity contribution in [1.29, 1.82) is 0 Å². The average molecular weight is 306 g/mol. The highest BCUT2D eigenvalue weighted by Gasteiger charge is 2.26. The lowest BCUT2D eigenvalue weighted by Crippen LogP contribution is -2.25. The van der Waals surface area contributed by atoms with Crippen molar-refractivity contribution in [2.24, 2.45) is 5.92 Å². The van der Waals surface area contributed by atoms with E-state index in [1.807, 2.05) is 18.2 Å². The Bertz CT molecular complexity index is 515. The number of hydrogen-bond acceptors (Lipinski definition) is 4. The summed E-state index contributed by atoms with van der Waals surface area (Å²) >= 11 is 0. The minimum atomic E-state index is -0.0371. The topological polar surface area (TPSA) is 47.8 Å². The standard InChI is InChI=1S/C17H24NO4/c1-20-16-7-6-14(15-8-9-18(19)12-22-15)10-17(16)21-11-13-4-2-3-5-13/h6-7,10,13,15H,2-5,8-9,11-12H2,1H3/q+1. The van der Waals surface area contributed by atoms with E-state index in [0.717, 1.165) is 28.4 Å². The van der Waals surface area contributed by atoms with Gasteiger partial charge in [0.15, 0.2) is 18.0 Å². The third-order valence-electron chi connectivity index (χ3n) is 4.57. The average Bonchev–Trinajstić information content (AvgIpc) is 3.07. The highest BCUT2D eigenvalue weighted by atomic mass is 16.5. The predicted molar refractivity (Wildman–Crippen MR) is 82.3 cm³/mol. The summed E-state index contributed by atoms with van der Waals surface area (Å²) < 4.78 is 17.9. The van der Waals surface area contributed by atoms with Crippen molar-refractivity contribution in [1.82, 2.24) is 0 Å². The Morgan fingerprint density at radius 2 is 2.05 bits per heavy atom. The molecule has 2 fully saturated rings. The molecule has 0 N–H and O–H groups in total. The van der Waals surface area contributed by atoms with Gasteiger partial charge in [-0.05, 0) is 36.5 Å². The van der Waals surface area contributed by atoms with Gasteiger partial charge in [0, 0.05) is 16.1 Å². The Morgan fingerprint density at radius 1 is 1.23 bits per heavy atom. The molecule has 0 bridgehead atoms. The maximum absolute atomic E-state index is 11.2. The molecule has 5 nitrogen and oxygen atoms in total. The molecule has 1 aliphatic heterocycles. The fraction of sp³-hybridized carbons (Fsp3) is 0.647. The zero-order valence-corrected chi connectivity index (χ0v) is 13.1. The highest BCUT2D eigenvalue weighted by Crippen LogP contribution is 2.34. The fourth-order valence-corrected chi connectivity index (χ4v) is 3.24. The lowest BCUT2D eigenvalue weighted by atomic mass is 10.0. The van der Waals surface area contributed by atoms with Crippen LogP contribution in [0.5, 0.6) is 11.5 Å². The third-order valence-corrected chi connectivity index (χ3v) is 4.57. The molecule has 1 aromatic carbocycles. The number of ether oxygens (including phenoxy) is 3. The smallest absolute Gasteiger partial charge is 0.295 e. The summed E-state index contributed by atoms with van der Waals surface area (Å²) in [4.78, 5) is 11.2. The van der Waals surface area contributed by atoms with Gasteiger partial charge in [0.2, 0.25) is 0 Å². The van der Waals surface area contributed by atoms with Gasteiger partial charge in [-0.2, -0.15) is 0 Å². The number of nitrogens with zero attached hydrogens (tertiary/aromatic N) is 1. The molecule has 22 heavy (non-hydrogen) atoms. The summed E-state index contributed by atoms with van der Waals surface area (Å²) in [5, 5.41) is 0. The van der Waals surface area contributed by atoms with Crippen molar-refractivity contribution < 1.29 is 19.0 Å². The van der Waals surface area contributed by atoms with E-state index < -0.39 is 0 Å². The summed E-state index contributed by atoms with van der Waals surface area (Å²) in [6.45, 7) is 1.39. The molecule has 0 spiro atoms. The molecule has 1 atom stereocenters. The number of nitroso groups, excluding NO2 is 1. The predicted octanol–water partition coefficient (Wildman–Crippen LogP) is 3.46. The first-order valence-corrected chi connectivity index (χ1v) is 8.10. The molecule has 5 heteroatoms. The number of methoxy groups -OCH3 is 1. The molecule has 1 saturated carbocycles. The van der Waals surface area contributed by atoms with Gasteiger partial charge in [0.05, 0.1) is 19.8 Å². The van der Waals surface area contributed by atoms with Crippen LogP contribution in [0.25, 0.3) is 0 Å². The van der Waals surface area contributed by atoms with Crippen molar-refractivity contribution in [2.75, 3.05) is 27.0 Å². The van der Waals surface area contributed by atoms with E-state index in [9.17, 15) is 4.91 Å². The fourth-order valence-electron chi connectivity index (χ4n) is 3.24. The van der Waals surface area contributed by atoms with Gasteiger partial charge in [-0.1, -0.05) is 18.9 Å². The van der Waals surface area contributed by atoms with E-state index in [-0.39, 0.29) is 12.8 Å². The van der Waals surface area contributed by atoms with E-state index in [4.69, 9.17) is 14.2 Å². The molecule has 1 unspecified atom stereocenters. The van der Waals surface area contributed by atoms with Crippen LogP contribution in [0, 0.1) is 10.8 Å². The van der Waals surface area contributed by atoms with Crippen molar-refractivity contribution in [3.8, 4) is 11.5 Å². The lowest BCUT2D eigenvalue weighted by molar-refractivity contribution is -0.609. The van der Waals surface area contributed by atoms with Crippen molar-refractivity contribution in [3.63, 3.8) is 0 Å². The molecule has 120 valence electrons. The summed E-state index contributed by atoms with van der Waals surface area (Å²) in [5.41, 5.74) is 1.05. The van der Waals surface area contributed by atoms with E-state index >= 15 is 0 Å². The van der Waals surface area contributed by atoms with Gasteiger partial charge in [-0.15, -0.1) is 0 Å². The van der Waals surface area contributed by atoms with Gasteiger partial charge < -0.3 is 14.2 Å². The Labute approximate surface area is 131 Å². The molecule has 3 rings (SSSR count). The summed E-state index contributed by atoms with van der Waals surface area (Å²) in [6.07, 6.45) is 5.81. The highest BCUT2D eigenvalue weighted by molar-refractivity contribution is 5.43. The zero-order valence-electron chi connectivity index (χ0n) is 13.1. The quantitative estimate of drug-likeness (QED) is 0.782. The Hall–Kier alpha value is -1.62. The normalized spacial score (nSPS) is 22.8. The maximum Gasteiger partial charge on any atom is 0.295 e. The second kappa shape index (κ2) is 7.09. The maximum atomic E-state index is 11.2. The van der Waals surface area contributed by atoms with E-state index in [1.165, 1.54) is 25.7 Å². The molecule has 1 heterocycles. The Kier molecular flexibility index (Phi) is 4.93. The van der Waals surface area contributed by atoms with Gasteiger partial charge in [0.25, 0.3) is 6.73 Å². The molecule has 1 aromatic rings. The Balaban J connectivity index is 1.69. The second-order valence-corrected chi connectivity index (χ2v) is 6.15. The van der Waals surface area contributed by atoms with Crippen LogP contribution in [0.3, 0.4) is 0 Å². The van der Waals surface area contributed by atoms with Gasteiger partial charge >= 0.3 is 0 Å². The van der Waals surface area contributed by atoms with Crippen LogP contribution in [-0.2, 0) is 4.74 Å². The van der Waals surface area contributed by atoms with E-state index in [0.29, 0.717) is 18.9 Å². The number of hydrogen-bond donors (Lipinski definition) is 0. The largest absolute Gasteiger partial charge is 0.493 e. The molecular formula is C17H24NO4+. The molecule has 2 aliphatic rings. The summed E-state index contributed by atoms with van der Waals surface area (Å²) in [7, 11) is 1.66. The summed E-state index contributed by atoms with van der Waals surface area (Å²) in [6, 6.07) is 5.91. The first-order valence-electron chi connectivity index (χ1n) is 8.10. The molecule has 0 radical (unpaired) electrons. The molecular weight excluding hydrogens is 282 g/mol. The zero-order chi connectivity index (χ0) is 15.4. The van der Waals surface area contributed by atoms with Crippen LogP contribution in [0.15, 0.2) is 18.2 Å². The monoisotopic (exact) mass is 306 g/mol. The van der Waals surface area contributed by atoms with Crippen molar-refractivity contribution in [3.05, 3.63) is 28.7 Å². The molecule has 0 amide bonds. The Morgan fingerprint density at radius 3 is 2.73 bits per heavy atom. The number of benzene rings is 1. The SMILES string of the molecule is COc1ccc(C2CC[N+](=O)CO2)cc1OCC1CCCC1. The second-order valence-electron chi connectivity index (χ2n) is 6.15. The van der Waals surface area contributed by atoms with Crippen LogP contribution >= 0.6 is 0 Å². The van der Waals surface area contributed by atoms with Gasteiger partial charge in [-0.25, -0.2) is 0 Å². The molecule has 1 aliphatic carbocycles. The van der Waals surface area contributed by atoms with Crippen molar-refractivity contribution >= 4 is 0 Å². The third kappa shape index (κ3) is 3.58. The molecule has 1 saturated heterocycles. The van der Waals surface area contributed by atoms with Gasteiger partial charge in [0.1, 0.15) is 0 Å². The van der Waals surface area contributed by atoms with Crippen LogP contribution in [0.4, 0.5) is 0 Å². The van der Waals surface area contributed by atoms with Crippen LogP contribution in [0.1, 0.15) is 43.8 Å². The van der Waals surface area contributed by atoms with Gasteiger partial charge in [-0.3, -0.25) is 0 Å². The van der Waals surface area contributed by atoms with Crippen LogP contribution < -0.4 is 9.47 Å². The minimum Gasteiger partial charge on any atom is -0.493 e. The molecule has 0 aromatic heterocycles. The van der Waals surface area contributed by atoms with E-state index in [2.05, 4.69) is 0 Å². The number of rotatable bonds is 5. The van der Waals surface area contributed by atoms with E-state index in [1.54, 1.807) is 7.11 Å². The van der Waals surface area contributed by atoms with Crippen molar-refractivity contribution in [2.45, 2.75) is 38.2 Å². The van der Waals surface area contributed by atoms with Crippen LogP contribution in [0.2, 0.25) is 0 Å². The summed E-state index contributed by atoms with van der Waals surface area (Å²) in [5.74, 6) is 2.19. The lowest BCUT2D eigenvalue weighted by Gasteiger charge is -2.20. The minimum absolute atomic E-state index is 0.0371. The van der Waals surface area contributed by atoms with Crippen LogP contribution in [-0.4, -0.2) is 31.8 Å².